The number of ether oxygens (including phenoxy) is 1. The lowest BCUT2D eigenvalue weighted by Crippen LogP contribution is -2.04. The number of hydrogen-bond donors (Lipinski definition) is 2. The molecular formula is C11H9N3O4. The number of carboxylic acids is 1. The first kappa shape index (κ1) is 11.8. The number of H-pyrrole nitrogens is 1. The van der Waals surface area contributed by atoms with Gasteiger partial charge in [0.2, 0.25) is 0 Å². The zero-order valence-corrected chi connectivity index (χ0v) is 9.38. The summed E-state index contributed by atoms with van der Waals surface area (Å²) in [6, 6.07) is 6.06. The minimum Gasteiger partial charge on any atom is -0.478 e. The van der Waals surface area contributed by atoms with Crippen LogP contribution in [-0.4, -0.2) is 39.6 Å². The maximum Gasteiger partial charge on any atom is 0.360 e. The predicted octanol–water partition coefficient (Wildman–Crippen LogP) is 0.957. The maximum absolute atomic E-state index is 11.4. The van der Waals surface area contributed by atoms with Gasteiger partial charge in [0.15, 0.2) is 5.69 Å². The minimum atomic E-state index is -1.06. The maximum atomic E-state index is 11.4. The number of methoxy groups -OCH3 is 1. The van der Waals surface area contributed by atoms with Gasteiger partial charge in [-0.2, -0.15) is 10.3 Å². The van der Waals surface area contributed by atoms with E-state index in [1.54, 1.807) is 12.1 Å². The van der Waals surface area contributed by atoms with Gasteiger partial charge in [-0.1, -0.05) is 12.1 Å². The Kier molecular flexibility index (Phi) is 3.05. The Morgan fingerprint density at radius 2 is 2.11 bits per heavy atom. The largest absolute Gasteiger partial charge is 0.478 e. The van der Waals surface area contributed by atoms with Crippen molar-refractivity contribution in [2.24, 2.45) is 0 Å². The Morgan fingerprint density at radius 3 is 2.78 bits per heavy atom. The van der Waals surface area contributed by atoms with E-state index < -0.39 is 11.9 Å². The third-order valence-corrected chi connectivity index (χ3v) is 2.31. The van der Waals surface area contributed by atoms with Crippen LogP contribution in [0.2, 0.25) is 0 Å². The fourth-order valence-corrected chi connectivity index (χ4v) is 1.47. The number of nitrogens with one attached hydrogen (secondary N) is 1. The van der Waals surface area contributed by atoms with E-state index in [0.717, 1.165) is 0 Å². The van der Waals surface area contributed by atoms with E-state index in [9.17, 15) is 9.59 Å². The van der Waals surface area contributed by atoms with E-state index in [0.29, 0.717) is 5.56 Å². The van der Waals surface area contributed by atoms with Crippen molar-refractivity contribution in [1.29, 1.82) is 0 Å². The van der Waals surface area contributed by atoms with E-state index in [4.69, 9.17) is 5.11 Å². The molecule has 1 aromatic heterocycles. The van der Waals surface area contributed by atoms with Gasteiger partial charge in [0.25, 0.3) is 0 Å². The summed E-state index contributed by atoms with van der Waals surface area (Å²) >= 11 is 0. The van der Waals surface area contributed by atoms with Crippen LogP contribution in [0.1, 0.15) is 20.8 Å². The second kappa shape index (κ2) is 4.66. The number of aromatic carboxylic acids is 1. The summed E-state index contributed by atoms with van der Waals surface area (Å²) in [5.41, 5.74) is 0.848. The van der Waals surface area contributed by atoms with Crippen LogP contribution < -0.4 is 0 Å². The first-order valence-corrected chi connectivity index (χ1v) is 4.96. The van der Waals surface area contributed by atoms with Gasteiger partial charge in [0.1, 0.15) is 5.69 Å². The van der Waals surface area contributed by atoms with Gasteiger partial charge in [0.05, 0.1) is 12.7 Å². The molecule has 7 heteroatoms. The zero-order valence-electron chi connectivity index (χ0n) is 9.38. The highest BCUT2D eigenvalue weighted by Crippen LogP contribution is 2.21. The van der Waals surface area contributed by atoms with Crippen molar-refractivity contribution in [3.8, 4) is 11.3 Å². The highest BCUT2D eigenvalue weighted by Gasteiger charge is 2.19. The van der Waals surface area contributed by atoms with Crippen LogP contribution in [0.15, 0.2) is 24.3 Å². The molecule has 0 saturated heterocycles. The molecule has 0 aliphatic carbocycles. The average Bonchev–Trinajstić information content (AvgIpc) is 2.87. The van der Waals surface area contributed by atoms with Crippen molar-refractivity contribution >= 4 is 11.9 Å². The van der Waals surface area contributed by atoms with Gasteiger partial charge in [-0.25, -0.2) is 9.59 Å². The molecule has 0 bridgehead atoms. The number of aromatic nitrogens is 3. The molecule has 0 radical (unpaired) electrons. The van der Waals surface area contributed by atoms with Crippen LogP contribution in [0.4, 0.5) is 0 Å². The number of aromatic amines is 1. The van der Waals surface area contributed by atoms with Crippen LogP contribution in [0.3, 0.4) is 0 Å². The summed E-state index contributed by atoms with van der Waals surface area (Å²) in [5, 5.41) is 18.7. The number of carboxylic acid groups (broad SMARTS) is 1. The first-order valence-electron chi connectivity index (χ1n) is 4.96. The van der Waals surface area contributed by atoms with Crippen molar-refractivity contribution in [3.05, 3.63) is 35.5 Å². The molecule has 0 saturated carbocycles. The molecule has 2 N–H and O–H groups in total. The number of hydrogen-bond acceptors (Lipinski definition) is 5. The molecule has 0 unspecified atom stereocenters. The van der Waals surface area contributed by atoms with Crippen molar-refractivity contribution < 1.29 is 19.4 Å². The summed E-state index contributed by atoms with van der Waals surface area (Å²) in [6.07, 6.45) is 0. The Hall–Kier alpha value is -2.70. The monoisotopic (exact) mass is 247 g/mol. The number of rotatable bonds is 3. The first-order chi connectivity index (χ1) is 8.63. The smallest absolute Gasteiger partial charge is 0.360 e. The number of nitrogens with zero attached hydrogens (tertiary/aromatic N) is 2. The highest BCUT2D eigenvalue weighted by molar-refractivity contribution is 5.95. The highest BCUT2D eigenvalue weighted by atomic mass is 16.5. The Balaban J connectivity index is 2.49. The van der Waals surface area contributed by atoms with E-state index in [1.807, 2.05) is 0 Å². The van der Waals surface area contributed by atoms with E-state index in [1.165, 1.54) is 19.2 Å². The molecule has 1 heterocycles. The number of esters is 1. The minimum absolute atomic E-state index is 0.0139. The molecule has 18 heavy (non-hydrogen) atoms. The van der Waals surface area contributed by atoms with Gasteiger partial charge in [0, 0.05) is 5.56 Å². The number of benzene rings is 1. The zero-order chi connectivity index (χ0) is 13.1. The standard InChI is InChI=1S/C11H9N3O4/c1-18-11(17)9-8(12-14-13-9)6-3-2-4-7(5-6)10(15)16/h2-5H,1H3,(H,15,16)(H,12,13,14). The lowest BCUT2D eigenvalue weighted by atomic mass is 10.1. The third kappa shape index (κ3) is 2.05. The van der Waals surface area contributed by atoms with E-state index >= 15 is 0 Å². The number of carbonyl (C=O) groups is 2. The lowest BCUT2D eigenvalue weighted by molar-refractivity contribution is 0.0594. The summed E-state index contributed by atoms with van der Waals surface area (Å²) < 4.78 is 4.56. The van der Waals surface area contributed by atoms with Gasteiger partial charge < -0.3 is 9.84 Å². The molecule has 0 atom stereocenters. The quantitative estimate of drug-likeness (QED) is 0.782. The van der Waals surface area contributed by atoms with Crippen LogP contribution in [-0.2, 0) is 4.74 Å². The topological polar surface area (TPSA) is 105 Å². The van der Waals surface area contributed by atoms with E-state index in [-0.39, 0.29) is 17.0 Å². The van der Waals surface area contributed by atoms with Crippen molar-refractivity contribution in [1.82, 2.24) is 15.4 Å². The van der Waals surface area contributed by atoms with Crippen LogP contribution in [0.25, 0.3) is 11.3 Å². The van der Waals surface area contributed by atoms with Gasteiger partial charge in [-0.05, 0) is 12.1 Å². The molecule has 0 aliphatic rings. The number of carbonyl (C=O) groups excluding carboxylic acids is 1. The lowest BCUT2D eigenvalue weighted by Gasteiger charge is -2.01. The molecule has 1 aromatic carbocycles. The van der Waals surface area contributed by atoms with Crippen LogP contribution in [0, 0.1) is 0 Å². The predicted molar refractivity (Wildman–Crippen MR) is 60.1 cm³/mol. The SMILES string of the molecule is COC(=O)c1n[nH]nc1-c1cccc(C(=O)O)c1. The summed E-state index contributed by atoms with van der Waals surface area (Å²) in [7, 11) is 1.23. The Morgan fingerprint density at radius 1 is 1.33 bits per heavy atom. The molecule has 0 amide bonds. The molecule has 2 rings (SSSR count). The third-order valence-electron chi connectivity index (χ3n) is 2.31. The molecule has 0 aliphatic heterocycles. The van der Waals surface area contributed by atoms with Crippen molar-refractivity contribution in [3.63, 3.8) is 0 Å². The molecular weight excluding hydrogens is 238 g/mol. The average molecular weight is 247 g/mol. The van der Waals surface area contributed by atoms with Gasteiger partial charge >= 0.3 is 11.9 Å². The van der Waals surface area contributed by atoms with Gasteiger partial charge in [-0.15, -0.1) is 5.10 Å². The molecule has 7 nitrogen and oxygen atoms in total. The van der Waals surface area contributed by atoms with Crippen LogP contribution in [0.5, 0.6) is 0 Å². The summed E-state index contributed by atoms with van der Waals surface area (Å²) in [5.74, 6) is -1.69. The summed E-state index contributed by atoms with van der Waals surface area (Å²) in [4.78, 5) is 22.3. The van der Waals surface area contributed by atoms with Crippen molar-refractivity contribution in [2.45, 2.75) is 0 Å². The molecule has 0 spiro atoms. The second-order valence-electron chi connectivity index (χ2n) is 3.40. The van der Waals surface area contributed by atoms with Crippen molar-refractivity contribution in [2.75, 3.05) is 7.11 Å². The Bertz CT molecular complexity index is 606. The fourth-order valence-electron chi connectivity index (χ4n) is 1.47. The van der Waals surface area contributed by atoms with Gasteiger partial charge in [-0.3, -0.25) is 0 Å². The Labute approximate surface area is 101 Å². The molecule has 2 aromatic rings. The second-order valence-corrected chi connectivity index (χ2v) is 3.40. The van der Waals surface area contributed by atoms with E-state index in [2.05, 4.69) is 20.1 Å². The fraction of sp³-hybridized carbons (Fsp3) is 0.0909. The van der Waals surface area contributed by atoms with Crippen LogP contribution >= 0.6 is 0 Å². The normalized spacial score (nSPS) is 10.1. The summed E-state index contributed by atoms with van der Waals surface area (Å²) in [6.45, 7) is 0. The molecule has 0 fully saturated rings. The molecule has 92 valence electrons.